The Hall–Kier alpha value is -2.94. The number of amides is 1. The Morgan fingerprint density at radius 1 is 1.32 bits per heavy atom. The number of hydrogen-bond acceptors (Lipinski definition) is 6. The van der Waals surface area contributed by atoms with Crippen LogP contribution in [0.3, 0.4) is 0 Å². The summed E-state index contributed by atoms with van der Waals surface area (Å²) in [6.07, 6.45) is 0. The molecule has 1 fully saturated rings. The number of carbonyl (C=O) groups excluding carboxylic acids is 1. The minimum atomic E-state index is -0.442. The number of morpholine rings is 1. The van der Waals surface area contributed by atoms with Crippen LogP contribution >= 0.6 is 0 Å². The Morgan fingerprint density at radius 3 is 2.68 bits per heavy atom. The molecule has 1 saturated heterocycles. The summed E-state index contributed by atoms with van der Waals surface area (Å²) in [7, 11) is 1.67. The molecular weight excluding hydrogens is 328 g/mol. The molecule has 0 radical (unpaired) electrons. The number of nitro groups is 1. The first-order chi connectivity index (χ1) is 12.0. The van der Waals surface area contributed by atoms with Crippen molar-refractivity contribution < 1.29 is 19.2 Å². The molecule has 1 amide bonds. The van der Waals surface area contributed by atoms with Crippen molar-refractivity contribution in [2.75, 3.05) is 26.3 Å². The first kappa shape index (κ1) is 16.9. The van der Waals surface area contributed by atoms with Gasteiger partial charge in [-0.25, -0.2) is 4.68 Å². The van der Waals surface area contributed by atoms with E-state index in [1.807, 2.05) is 0 Å². The second-order valence-electron chi connectivity index (χ2n) is 5.70. The number of carbonyl (C=O) groups is 1. The maximum Gasteiger partial charge on any atom is 0.274 e. The molecule has 132 valence electrons. The standard InChI is InChI=1S/C16H18N4O5/c1-11-9-12(3-4-14(11)20(22)23)25-15-10-13(17-18(15)2)16(21)19-5-7-24-8-6-19/h3-4,9-10H,5-8H2,1-2H3. The lowest BCUT2D eigenvalue weighted by Crippen LogP contribution is -2.40. The zero-order valence-electron chi connectivity index (χ0n) is 14.0. The Bertz CT molecular complexity index is 811. The molecule has 1 aromatic heterocycles. The molecule has 25 heavy (non-hydrogen) atoms. The van der Waals surface area contributed by atoms with Gasteiger partial charge in [0.15, 0.2) is 5.69 Å². The summed E-state index contributed by atoms with van der Waals surface area (Å²) in [6.45, 7) is 3.75. The summed E-state index contributed by atoms with van der Waals surface area (Å²) in [5.74, 6) is 0.648. The number of rotatable bonds is 4. The van der Waals surface area contributed by atoms with E-state index in [1.165, 1.54) is 16.8 Å². The van der Waals surface area contributed by atoms with Crippen molar-refractivity contribution in [3.63, 3.8) is 0 Å². The van der Waals surface area contributed by atoms with Crippen LogP contribution in [0.15, 0.2) is 24.3 Å². The molecule has 0 bridgehead atoms. The number of benzene rings is 1. The molecule has 0 unspecified atom stereocenters. The average Bonchev–Trinajstić information content (AvgIpc) is 2.95. The van der Waals surface area contributed by atoms with E-state index in [-0.39, 0.29) is 17.3 Å². The Balaban J connectivity index is 1.77. The monoisotopic (exact) mass is 346 g/mol. The third-order valence-electron chi connectivity index (χ3n) is 3.94. The zero-order valence-corrected chi connectivity index (χ0v) is 14.0. The first-order valence-electron chi connectivity index (χ1n) is 7.79. The summed E-state index contributed by atoms with van der Waals surface area (Å²) >= 11 is 0. The van der Waals surface area contributed by atoms with Crippen LogP contribution in [0.4, 0.5) is 5.69 Å². The van der Waals surface area contributed by atoms with E-state index in [2.05, 4.69) is 5.10 Å². The minimum Gasteiger partial charge on any atom is -0.439 e. The van der Waals surface area contributed by atoms with Gasteiger partial charge in [0.2, 0.25) is 5.88 Å². The summed E-state index contributed by atoms with van der Waals surface area (Å²) in [5, 5.41) is 15.1. The van der Waals surface area contributed by atoms with Gasteiger partial charge in [0.1, 0.15) is 5.75 Å². The molecule has 9 heteroatoms. The lowest BCUT2D eigenvalue weighted by Gasteiger charge is -2.25. The normalized spacial score (nSPS) is 14.4. The van der Waals surface area contributed by atoms with Crippen molar-refractivity contribution in [3.8, 4) is 11.6 Å². The number of aryl methyl sites for hydroxylation is 2. The Morgan fingerprint density at radius 2 is 2.04 bits per heavy atom. The van der Waals surface area contributed by atoms with Gasteiger partial charge in [-0.1, -0.05) is 0 Å². The molecule has 3 rings (SSSR count). The van der Waals surface area contributed by atoms with Crippen molar-refractivity contribution >= 4 is 11.6 Å². The van der Waals surface area contributed by atoms with Crippen molar-refractivity contribution in [1.82, 2.24) is 14.7 Å². The van der Waals surface area contributed by atoms with E-state index >= 15 is 0 Å². The summed E-state index contributed by atoms with van der Waals surface area (Å²) < 4.78 is 12.4. The topological polar surface area (TPSA) is 99.7 Å². The predicted molar refractivity (Wildman–Crippen MR) is 87.8 cm³/mol. The molecule has 0 atom stereocenters. The van der Waals surface area contributed by atoms with Gasteiger partial charge in [-0.2, -0.15) is 5.10 Å². The van der Waals surface area contributed by atoms with Crippen LogP contribution in [0.1, 0.15) is 16.1 Å². The lowest BCUT2D eigenvalue weighted by molar-refractivity contribution is -0.385. The molecule has 1 aliphatic rings. The highest BCUT2D eigenvalue weighted by molar-refractivity contribution is 5.92. The molecule has 1 aromatic carbocycles. The summed E-state index contributed by atoms with van der Waals surface area (Å²) in [6, 6.07) is 6.05. The fraction of sp³-hybridized carbons (Fsp3) is 0.375. The molecular formula is C16H18N4O5. The van der Waals surface area contributed by atoms with Crippen LogP contribution in [-0.4, -0.2) is 51.8 Å². The van der Waals surface area contributed by atoms with Gasteiger partial charge >= 0.3 is 0 Å². The van der Waals surface area contributed by atoms with Crippen LogP contribution < -0.4 is 4.74 Å². The van der Waals surface area contributed by atoms with E-state index < -0.39 is 4.92 Å². The molecule has 0 N–H and O–H groups in total. The zero-order chi connectivity index (χ0) is 18.0. The minimum absolute atomic E-state index is 0.0283. The highest BCUT2D eigenvalue weighted by atomic mass is 16.6. The SMILES string of the molecule is Cc1cc(Oc2cc(C(=O)N3CCOCC3)nn2C)ccc1[N+](=O)[O-]. The number of nitro benzene ring substituents is 1. The number of hydrogen-bond donors (Lipinski definition) is 0. The summed E-state index contributed by atoms with van der Waals surface area (Å²) in [5.41, 5.74) is 0.813. The van der Waals surface area contributed by atoms with Crippen LogP contribution in [0.5, 0.6) is 11.6 Å². The van der Waals surface area contributed by atoms with Crippen LogP contribution in [0.25, 0.3) is 0 Å². The van der Waals surface area contributed by atoms with E-state index in [4.69, 9.17) is 9.47 Å². The molecule has 0 aliphatic carbocycles. The van der Waals surface area contributed by atoms with Crippen LogP contribution in [-0.2, 0) is 11.8 Å². The molecule has 9 nitrogen and oxygen atoms in total. The molecule has 1 aliphatic heterocycles. The second kappa shape index (κ2) is 6.89. The highest BCUT2D eigenvalue weighted by Gasteiger charge is 2.22. The van der Waals surface area contributed by atoms with Crippen molar-refractivity contribution in [2.45, 2.75) is 6.92 Å². The van der Waals surface area contributed by atoms with Gasteiger partial charge in [-0.3, -0.25) is 14.9 Å². The number of aromatic nitrogens is 2. The van der Waals surface area contributed by atoms with Gasteiger partial charge in [-0.05, 0) is 19.1 Å². The largest absolute Gasteiger partial charge is 0.439 e. The van der Waals surface area contributed by atoms with Crippen LogP contribution in [0, 0.1) is 17.0 Å². The molecule has 2 aromatic rings. The second-order valence-corrected chi connectivity index (χ2v) is 5.70. The highest BCUT2D eigenvalue weighted by Crippen LogP contribution is 2.27. The molecule has 2 heterocycles. The molecule has 0 saturated carbocycles. The predicted octanol–water partition coefficient (Wildman–Crippen LogP) is 1.90. The van der Waals surface area contributed by atoms with Crippen molar-refractivity contribution in [3.05, 3.63) is 45.6 Å². The fourth-order valence-corrected chi connectivity index (χ4v) is 2.60. The van der Waals surface area contributed by atoms with Gasteiger partial charge in [0, 0.05) is 37.8 Å². The van der Waals surface area contributed by atoms with Crippen molar-refractivity contribution in [1.29, 1.82) is 0 Å². The smallest absolute Gasteiger partial charge is 0.274 e. The maximum atomic E-state index is 12.5. The first-order valence-corrected chi connectivity index (χ1v) is 7.79. The lowest BCUT2D eigenvalue weighted by atomic mass is 10.2. The maximum absolute atomic E-state index is 12.5. The van der Waals surface area contributed by atoms with E-state index in [9.17, 15) is 14.9 Å². The van der Waals surface area contributed by atoms with Gasteiger partial charge in [0.05, 0.1) is 18.1 Å². The average molecular weight is 346 g/mol. The molecule has 0 spiro atoms. The Kier molecular flexibility index (Phi) is 4.66. The third kappa shape index (κ3) is 3.61. The third-order valence-corrected chi connectivity index (χ3v) is 3.94. The summed E-state index contributed by atoms with van der Waals surface area (Å²) in [4.78, 5) is 24.6. The fourth-order valence-electron chi connectivity index (χ4n) is 2.60. The number of nitrogens with zero attached hydrogens (tertiary/aromatic N) is 4. The van der Waals surface area contributed by atoms with E-state index in [0.717, 1.165) is 0 Å². The van der Waals surface area contributed by atoms with Gasteiger partial charge < -0.3 is 14.4 Å². The number of ether oxygens (including phenoxy) is 2. The van der Waals surface area contributed by atoms with E-state index in [0.29, 0.717) is 43.5 Å². The van der Waals surface area contributed by atoms with Crippen molar-refractivity contribution in [2.24, 2.45) is 7.05 Å². The van der Waals surface area contributed by atoms with Crippen LogP contribution in [0.2, 0.25) is 0 Å². The Labute approximate surface area is 143 Å². The quantitative estimate of drug-likeness (QED) is 0.619. The van der Waals surface area contributed by atoms with E-state index in [1.54, 1.807) is 31.0 Å². The van der Waals surface area contributed by atoms with Gasteiger partial charge in [-0.15, -0.1) is 0 Å². The van der Waals surface area contributed by atoms with Gasteiger partial charge in [0.25, 0.3) is 11.6 Å².